The highest BCUT2D eigenvalue weighted by atomic mass is 127. The molecule has 2 fully saturated rings. The quantitative estimate of drug-likeness (QED) is 0.332. The van der Waals surface area contributed by atoms with Crippen LogP contribution in [0.15, 0.2) is 23.2 Å². The van der Waals surface area contributed by atoms with Crippen LogP contribution in [0.2, 0.25) is 0 Å². The molecule has 3 unspecified atom stereocenters. The van der Waals surface area contributed by atoms with Gasteiger partial charge < -0.3 is 20.5 Å². The average molecular weight is 481 g/mol. The van der Waals surface area contributed by atoms with Crippen molar-refractivity contribution >= 4 is 29.9 Å². The molecule has 3 N–H and O–H groups in total. The first-order valence-electron chi connectivity index (χ1n) is 8.68. The molecule has 5 nitrogen and oxygen atoms in total. The molecule has 8 heteroatoms. The number of aliphatic hydroxyl groups is 1. The van der Waals surface area contributed by atoms with Crippen molar-refractivity contribution in [3.8, 4) is 0 Å². The molecule has 1 saturated carbocycles. The Bertz CT molecular complexity index is 619. The molecule has 1 saturated heterocycles. The summed E-state index contributed by atoms with van der Waals surface area (Å²) >= 11 is 0. The molecule has 146 valence electrons. The number of rotatable bonds is 6. The van der Waals surface area contributed by atoms with Gasteiger partial charge in [0, 0.05) is 49.7 Å². The molecular weight excluding hydrogens is 455 g/mol. The smallest absolute Gasteiger partial charge is 0.191 e. The Hall–Kier alpha value is -1.000. The second-order valence-electron chi connectivity index (χ2n) is 6.93. The molecule has 2 aliphatic rings. The van der Waals surface area contributed by atoms with E-state index in [4.69, 9.17) is 4.74 Å². The second kappa shape index (κ2) is 9.27. The Labute approximate surface area is 169 Å². The van der Waals surface area contributed by atoms with Crippen molar-refractivity contribution < 1.29 is 18.6 Å². The Morgan fingerprint density at radius 2 is 2.12 bits per heavy atom. The number of benzene rings is 1. The van der Waals surface area contributed by atoms with E-state index in [0.29, 0.717) is 38.6 Å². The molecule has 0 bridgehead atoms. The fourth-order valence-corrected chi connectivity index (χ4v) is 3.49. The molecule has 0 radical (unpaired) electrons. The van der Waals surface area contributed by atoms with Gasteiger partial charge in [-0.1, -0.05) is 6.07 Å². The van der Waals surface area contributed by atoms with Gasteiger partial charge in [0.1, 0.15) is 11.6 Å². The van der Waals surface area contributed by atoms with Crippen molar-refractivity contribution in [2.75, 3.05) is 33.4 Å². The second-order valence-corrected chi connectivity index (χ2v) is 6.93. The third kappa shape index (κ3) is 4.83. The van der Waals surface area contributed by atoms with Gasteiger partial charge in [0.05, 0.1) is 6.61 Å². The fourth-order valence-electron chi connectivity index (χ4n) is 3.49. The number of ether oxygens (including phenoxy) is 1. The zero-order valence-corrected chi connectivity index (χ0v) is 17.1. The van der Waals surface area contributed by atoms with Crippen LogP contribution < -0.4 is 10.6 Å². The summed E-state index contributed by atoms with van der Waals surface area (Å²) < 4.78 is 33.2. The van der Waals surface area contributed by atoms with Crippen molar-refractivity contribution in [3.05, 3.63) is 35.4 Å². The first-order chi connectivity index (χ1) is 12.1. The van der Waals surface area contributed by atoms with Gasteiger partial charge in [0.25, 0.3) is 0 Å². The third-order valence-electron chi connectivity index (χ3n) is 5.16. The minimum atomic E-state index is -0.498. The number of nitrogens with zero attached hydrogens (tertiary/aromatic N) is 1. The zero-order chi connectivity index (χ0) is 17.9. The van der Waals surface area contributed by atoms with Crippen LogP contribution in [-0.4, -0.2) is 50.5 Å². The van der Waals surface area contributed by atoms with Crippen molar-refractivity contribution in [1.82, 2.24) is 10.6 Å². The van der Waals surface area contributed by atoms with E-state index in [1.54, 1.807) is 7.05 Å². The summed E-state index contributed by atoms with van der Waals surface area (Å²) in [5.74, 6) is -0.570. The van der Waals surface area contributed by atoms with E-state index in [0.717, 1.165) is 6.42 Å². The predicted octanol–water partition coefficient (Wildman–Crippen LogP) is 2.39. The van der Waals surface area contributed by atoms with Gasteiger partial charge in [-0.25, -0.2) is 8.78 Å². The molecule has 1 heterocycles. The van der Waals surface area contributed by atoms with Crippen LogP contribution in [0.25, 0.3) is 0 Å². The molecule has 1 aromatic rings. The van der Waals surface area contributed by atoms with Crippen LogP contribution in [0, 0.1) is 17.0 Å². The molecule has 3 atom stereocenters. The summed E-state index contributed by atoms with van der Waals surface area (Å²) in [5, 5.41) is 15.8. The van der Waals surface area contributed by atoms with Crippen LogP contribution >= 0.6 is 24.0 Å². The Balaban J connectivity index is 0.00000243. The first-order valence-corrected chi connectivity index (χ1v) is 8.68. The van der Waals surface area contributed by atoms with Crippen LogP contribution in [0.5, 0.6) is 0 Å². The zero-order valence-electron chi connectivity index (χ0n) is 14.8. The number of guanidine groups is 1. The molecule has 1 aliphatic carbocycles. The molecule has 0 aromatic heterocycles. The highest BCUT2D eigenvalue weighted by molar-refractivity contribution is 14.0. The minimum absolute atomic E-state index is 0. The van der Waals surface area contributed by atoms with Gasteiger partial charge in [-0.15, -0.1) is 24.0 Å². The maximum absolute atomic E-state index is 13.9. The minimum Gasteiger partial charge on any atom is -0.396 e. The maximum atomic E-state index is 13.9. The van der Waals surface area contributed by atoms with E-state index in [-0.39, 0.29) is 53.5 Å². The number of halogens is 3. The van der Waals surface area contributed by atoms with E-state index in [2.05, 4.69) is 15.6 Å². The number of hydrogen-bond donors (Lipinski definition) is 3. The molecule has 3 rings (SSSR count). The molecular formula is C18H26F2IN3O2. The number of aliphatic hydroxyl groups excluding tert-OH is 1. The fraction of sp³-hybridized carbons (Fsp3) is 0.611. The van der Waals surface area contributed by atoms with Gasteiger partial charge in [0.15, 0.2) is 5.96 Å². The molecule has 0 amide bonds. The van der Waals surface area contributed by atoms with Gasteiger partial charge in [0.2, 0.25) is 0 Å². The van der Waals surface area contributed by atoms with E-state index in [1.807, 2.05) is 0 Å². The Kier molecular flexibility index (Phi) is 7.60. The van der Waals surface area contributed by atoms with Crippen molar-refractivity contribution in [3.63, 3.8) is 0 Å². The monoisotopic (exact) mass is 481 g/mol. The maximum Gasteiger partial charge on any atom is 0.191 e. The largest absolute Gasteiger partial charge is 0.396 e. The number of hydrogen-bond acceptors (Lipinski definition) is 3. The summed E-state index contributed by atoms with van der Waals surface area (Å²) in [7, 11) is 1.67. The van der Waals surface area contributed by atoms with Gasteiger partial charge >= 0.3 is 0 Å². The van der Waals surface area contributed by atoms with Gasteiger partial charge in [-0.3, -0.25) is 4.99 Å². The van der Waals surface area contributed by atoms with E-state index in [9.17, 15) is 13.9 Å². The number of aliphatic imine (C=N–C) groups is 1. The van der Waals surface area contributed by atoms with Crippen molar-refractivity contribution in [2.24, 2.45) is 10.4 Å². The summed E-state index contributed by atoms with van der Waals surface area (Å²) in [6.45, 7) is 2.07. The van der Waals surface area contributed by atoms with Crippen LogP contribution in [0.1, 0.15) is 30.7 Å². The van der Waals surface area contributed by atoms with Gasteiger partial charge in [-0.05, 0) is 31.4 Å². The van der Waals surface area contributed by atoms with Crippen LogP contribution in [0.4, 0.5) is 8.78 Å². The van der Waals surface area contributed by atoms with E-state index >= 15 is 0 Å². The first kappa shape index (κ1) is 21.3. The Morgan fingerprint density at radius 3 is 2.69 bits per heavy atom. The number of nitrogens with one attached hydrogen (secondary N) is 2. The van der Waals surface area contributed by atoms with E-state index in [1.165, 1.54) is 18.2 Å². The molecule has 26 heavy (non-hydrogen) atoms. The highest BCUT2D eigenvalue weighted by Gasteiger charge is 2.42. The van der Waals surface area contributed by atoms with Crippen LogP contribution in [0.3, 0.4) is 0 Å². The third-order valence-corrected chi connectivity index (χ3v) is 5.16. The molecule has 0 spiro atoms. The average Bonchev–Trinajstić information content (AvgIpc) is 3.17. The summed E-state index contributed by atoms with van der Waals surface area (Å²) in [6, 6.07) is 3.93. The summed E-state index contributed by atoms with van der Waals surface area (Å²) in [4.78, 5) is 4.20. The molecule has 1 aliphatic heterocycles. The lowest BCUT2D eigenvalue weighted by atomic mass is 9.84. The van der Waals surface area contributed by atoms with Gasteiger partial charge in [-0.2, -0.15) is 0 Å². The van der Waals surface area contributed by atoms with Crippen molar-refractivity contribution in [1.29, 1.82) is 0 Å². The summed E-state index contributed by atoms with van der Waals surface area (Å²) in [5.41, 5.74) is 0.0591. The van der Waals surface area contributed by atoms with Crippen molar-refractivity contribution in [2.45, 2.75) is 31.2 Å². The van der Waals surface area contributed by atoms with Crippen LogP contribution in [-0.2, 0) is 4.74 Å². The molecule has 1 aromatic carbocycles. The SMILES string of the molecule is CN=C(NCC1(CCO)CCOC1)NC1CC1c1c(F)cccc1F.I. The summed E-state index contributed by atoms with van der Waals surface area (Å²) in [6.07, 6.45) is 2.23. The highest BCUT2D eigenvalue weighted by Crippen LogP contribution is 2.43. The lowest BCUT2D eigenvalue weighted by Crippen LogP contribution is -2.45. The predicted molar refractivity (Wildman–Crippen MR) is 107 cm³/mol. The normalized spacial score (nSPS) is 27.8. The topological polar surface area (TPSA) is 65.9 Å². The standard InChI is InChI=1S/C18H25F2N3O2.HI/c1-21-17(22-10-18(5-7-24)6-8-25-11-18)23-15-9-12(15)16-13(19)3-2-4-14(16)20;/h2-4,12,15,24H,5-11H2,1H3,(H2,21,22,23);1H. The lowest BCUT2D eigenvalue weighted by Gasteiger charge is -2.27. The van der Waals surface area contributed by atoms with E-state index < -0.39 is 11.6 Å². The Morgan fingerprint density at radius 1 is 1.38 bits per heavy atom. The lowest BCUT2D eigenvalue weighted by molar-refractivity contribution is 0.127.